The monoisotopic (exact) mass is 363 g/mol. The zero-order chi connectivity index (χ0) is 18.8. The van der Waals surface area contributed by atoms with E-state index in [1.54, 1.807) is 0 Å². The van der Waals surface area contributed by atoms with E-state index < -0.39 is 5.82 Å². The van der Waals surface area contributed by atoms with Crippen molar-refractivity contribution in [1.29, 1.82) is 5.26 Å². The number of aromatic nitrogens is 4. The van der Waals surface area contributed by atoms with Gasteiger partial charge in [-0.2, -0.15) is 10.4 Å². The van der Waals surface area contributed by atoms with Crippen molar-refractivity contribution in [1.82, 2.24) is 19.7 Å². The third-order valence-corrected chi connectivity index (χ3v) is 4.86. The molecule has 1 aliphatic heterocycles. The molecule has 0 fully saturated rings. The van der Waals surface area contributed by atoms with Gasteiger partial charge < -0.3 is 4.74 Å². The summed E-state index contributed by atoms with van der Waals surface area (Å²) in [6.07, 6.45) is 5.86. The SMILES string of the molecule is Cc1cc(C#N)ccc1-c1cnn2c1CC(CCOc1ncc(F)cn1)C2. The molecule has 1 unspecified atom stereocenters. The minimum Gasteiger partial charge on any atom is -0.463 e. The number of fused-ring (bicyclic) bond motifs is 1. The molecule has 0 bridgehead atoms. The number of hydrogen-bond donors (Lipinski definition) is 0. The Balaban J connectivity index is 1.41. The van der Waals surface area contributed by atoms with Crippen molar-refractivity contribution in [3.05, 3.63) is 59.4 Å². The fourth-order valence-corrected chi connectivity index (χ4v) is 3.51. The van der Waals surface area contributed by atoms with Gasteiger partial charge in [0.1, 0.15) is 0 Å². The Bertz CT molecular complexity index is 1010. The van der Waals surface area contributed by atoms with Crippen LogP contribution in [0.2, 0.25) is 0 Å². The largest absolute Gasteiger partial charge is 0.463 e. The highest BCUT2D eigenvalue weighted by Gasteiger charge is 2.26. The van der Waals surface area contributed by atoms with E-state index in [1.807, 2.05) is 36.0 Å². The fourth-order valence-electron chi connectivity index (χ4n) is 3.51. The average molecular weight is 363 g/mol. The summed E-state index contributed by atoms with van der Waals surface area (Å²) >= 11 is 0. The molecule has 0 saturated carbocycles. The summed E-state index contributed by atoms with van der Waals surface area (Å²) in [5.41, 5.74) is 5.20. The molecule has 0 N–H and O–H groups in total. The number of ether oxygens (including phenoxy) is 1. The van der Waals surface area contributed by atoms with E-state index in [0.29, 0.717) is 18.1 Å². The highest BCUT2D eigenvalue weighted by Crippen LogP contribution is 2.33. The van der Waals surface area contributed by atoms with Crippen molar-refractivity contribution in [2.75, 3.05) is 6.61 Å². The number of nitrogens with zero attached hydrogens (tertiary/aromatic N) is 5. The van der Waals surface area contributed by atoms with Gasteiger partial charge in [-0.05, 0) is 48.9 Å². The van der Waals surface area contributed by atoms with E-state index in [9.17, 15) is 4.39 Å². The van der Waals surface area contributed by atoms with Crippen LogP contribution in [0.25, 0.3) is 11.1 Å². The predicted molar refractivity (Wildman–Crippen MR) is 96.4 cm³/mol. The number of benzene rings is 1. The molecule has 0 spiro atoms. The lowest BCUT2D eigenvalue weighted by Crippen LogP contribution is -2.10. The van der Waals surface area contributed by atoms with Crippen molar-refractivity contribution in [3.63, 3.8) is 0 Å². The smallest absolute Gasteiger partial charge is 0.316 e. The minimum absolute atomic E-state index is 0.195. The molecule has 1 aromatic carbocycles. The zero-order valence-electron chi connectivity index (χ0n) is 14.9. The highest BCUT2D eigenvalue weighted by molar-refractivity contribution is 5.70. The Morgan fingerprint density at radius 3 is 2.81 bits per heavy atom. The van der Waals surface area contributed by atoms with E-state index >= 15 is 0 Å². The van der Waals surface area contributed by atoms with Crippen molar-refractivity contribution in [2.45, 2.75) is 26.3 Å². The molecule has 3 aromatic rings. The quantitative estimate of drug-likeness (QED) is 0.695. The molecule has 136 valence electrons. The first-order chi connectivity index (χ1) is 13.1. The lowest BCUT2D eigenvalue weighted by atomic mass is 9.96. The van der Waals surface area contributed by atoms with Crippen LogP contribution >= 0.6 is 0 Å². The van der Waals surface area contributed by atoms with Crippen LogP contribution in [0.4, 0.5) is 4.39 Å². The van der Waals surface area contributed by atoms with Crippen LogP contribution in [-0.2, 0) is 13.0 Å². The van der Waals surface area contributed by atoms with Crippen molar-refractivity contribution >= 4 is 0 Å². The second kappa shape index (κ2) is 7.16. The van der Waals surface area contributed by atoms with Crippen molar-refractivity contribution < 1.29 is 9.13 Å². The Morgan fingerprint density at radius 2 is 2.07 bits per heavy atom. The lowest BCUT2D eigenvalue weighted by Gasteiger charge is -2.09. The van der Waals surface area contributed by atoms with E-state index in [0.717, 1.165) is 48.5 Å². The van der Waals surface area contributed by atoms with Gasteiger partial charge >= 0.3 is 6.01 Å². The molecular weight excluding hydrogens is 345 g/mol. The number of rotatable bonds is 5. The summed E-state index contributed by atoms with van der Waals surface area (Å²) in [6.45, 7) is 3.34. The maximum Gasteiger partial charge on any atom is 0.316 e. The average Bonchev–Trinajstić information content (AvgIpc) is 3.24. The Morgan fingerprint density at radius 1 is 1.26 bits per heavy atom. The molecule has 2 aromatic heterocycles. The molecule has 0 saturated heterocycles. The molecule has 4 rings (SSSR count). The number of nitriles is 1. The predicted octanol–water partition coefficient (Wildman–Crippen LogP) is 3.30. The first-order valence-corrected chi connectivity index (χ1v) is 8.80. The fraction of sp³-hybridized carbons (Fsp3) is 0.300. The molecule has 0 aliphatic carbocycles. The van der Waals surface area contributed by atoms with Crippen LogP contribution in [0, 0.1) is 30.0 Å². The van der Waals surface area contributed by atoms with Crippen LogP contribution in [0.3, 0.4) is 0 Å². The molecule has 1 aliphatic rings. The third kappa shape index (κ3) is 3.51. The van der Waals surface area contributed by atoms with Crippen molar-refractivity contribution in [2.24, 2.45) is 5.92 Å². The van der Waals surface area contributed by atoms with Crippen LogP contribution in [-0.4, -0.2) is 26.4 Å². The van der Waals surface area contributed by atoms with E-state index in [4.69, 9.17) is 10.00 Å². The maximum absolute atomic E-state index is 12.8. The first-order valence-electron chi connectivity index (χ1n) is 8.80. The second-order valence-corrected chi connectivity index (χ2v) is 6.72. The molecule has 6 nitrogen and oxygen atoms in total. The van der Waals surface area contributed by atoms with Gasteiger partial charge in [0.15, 0.2) is 5.82 Å². The van der Waals surface area contributed by atoms with E-state index in [2.05, 4.69) is 21.1 Å². The first kappa shape index (κ1) is 17.2. The van der Waals surface area contributed by atoms with Gasteiger partial charge in [0.25, 0.3) is 0 Å². The van der Waals surface area contributed by atoms with Gasteiger partial charge in [-0.25, -0.2) is 14.4 Å². The topological polar surface area (TPSA) is 76.6 Å². The normalized spacial score (nSPS) is 15.4. The van der Waals surface area contributed by atoms with Gasteiger partial charge in [-0.3, -0.25) is 4.68 Å². The Kier molecular flexibility index (Phi) is 4.55. The Labute approximate surface area is 156 Å². The van der Waals surface area contributed by atoms with Crippen LogP contribution in [0.1, 0.15) is 23.2 Å². The van der Waals surface area contributed by atoms with E-state index in [1.165, 1.54) is 5.69 Å². The molecule has 0 amide bonds. The summed E-state index contributed by atoms with van der Waals surface area (Å²) in [4.78, 5) is 7.60. The number of hydrogen-bond acceptors (Lipinski definition) is 5. The van der Waals surface area contributed by atoms with Gasteiger partial charge in [0.2, 0.25) is 0 Å². The van der Waals surface area contributed by atoms with Crippen LogP contribution in [0.5, 0.6) is 6.01 Å². The minimum atomic E-state index is -0.478. The second-order valence-electron chi connectivity index (χ2n) is 6.72. The molecular formula is C20H18FN5O. The summed E-state index contributed by atoms with van der Waals surface area (Å²) < 4.78 is 20.4. The number of halogens is 1. The molecule has 3 heterocycles. The zero-order valence-corrected chi connectivity index (χ0v) is 14.9. The van der Waals surface area contributed by atoms with Gasteiger partial charge in [0, 0.05) is 17.8 Å². The summed E-state index contributed by atoms with van der Waals surface area (Å²) in [7, 11) is 0. The summed E-state index contributed by atoms with van der Waals surface area (Å²) in [6, 6.07) is 8.11. The van der Waals surface area contributed by atoms with Gasteiger partial charge in [-0.15, -0.1) is 0 Å². The molecule has 7 heteroatoms. The van der Waals surface area contributed by atoms with Gasteiger partial charge in [-0.1, -0.05) is 6.07 Å². The van der Waals surface area contributed by atoms with Crippen molar-refractivity contribution in [3.8, 4) is 23.2 Å². The number of aryl methyl sites for hydroxylation is 1. The standard InChI is InChI=1S/C20H18FN5O/c1-13-6-14(8-22)2-3-17(13)18-11-25-26-12-15(7-19(18)26)4-5-27-20-23-9-16(21)10-24-20/h2-3,6,9-11,15H,4-5,7,12H2,1H3. The molecule has 0 radical (unpaired) electrons. The highest BCUT2D eigenvalue weighted by atomic mass is 19.1. The third-order valence-electron chi connectivity index (χ3n) is 4.86. The van der Waals surface area contributed by atoms with Gasteiger partial charge in [0.05, 0.1) is 36.8 Å². The molecule has 27 heavy (non-hydrogen) atoms. The maximum atomic E-state index is 12.8. The lowest BCUT2D eigenvalue weighted by molar-refractivity contribution is 0.255. The Hall–Kier alpha value is -3.27. The van der Waals surface area contributed by atoms with Crippen LogP contribution < -0.4 is 4.74 Å². The summed E-state index contributed by atoms with van der Waals surface area (Å²) in [5.74, 6) is -0.0548. The van der Waals surface area contributed by atoms with E-state index in [-0.39, 0.29) is 6.01 Å². The van der Waals surface area contributed by atoms with Crippen LogP contribution in [0.15, 0.2) is 36.8 Å². The molecule has 1 atom stereocenters. The summed E-state index contributed by atoms with van der Waals surface area (Å²) in [5, 5.41) is 13.6.